The summed E-state index contributed by atoms with van der Waals surface area (Å²) in [7, 11) is 0. The predicted octanol–water partition coefficient (Wildman–Crippen LogP) is 5.58. The minimum absolute atomic E-state index is 0.0342. The van der Waals surface area contributed by atoms with E-state index < -0.39 is 0 Å². The molecule has 5 heteroatoms. The van der Waals surface area contributed by atoms with Crippen LogP contribution in [-0.2, 0) is 12.2 Å². The number of hydrogen-bond donors (Lipinski definition) is 0. The van der Waals surface area contributed by atoms with Crippen LogP contribution in [0.15, 0.2) is 18.2 Å². The molecule has 0 radical (unpaired) electrons. The molecule has 17 heavy (non-hydrogen) atoms. The molecule has 0 amide bonds. The molecule has 0 nitrogen and oxygen atoms in total. The Kier molecular flexibility index (Phi) is 3.74. The molecular formula is C12H10Cl2S3. The largest absolute Gasteiger partial charge is 0.157 e. The molecule has 3 heterocycles. The van der Waals surface area contributed by atoms with E-state index in [0.29, 0.717) is 0 Å². The van der Waals surface area contributed by atoms with E-state index in [1.165, 1.54) is 27.5 Å². The zero-order chi connectivity index (χ0) is 11.8. The summed E-state index contributed by atoms with van der Waals surface area (Å²) in [6, 6.07) is 6.22. The van der Waals surface area contributed by atoms with Gasteiger partial charge in [-0.25, -0.2) is 0 Å². The number of halogens is 2. The van der Waals surface area contributed by atoms with Crippen molar-refractivity contribution < 1.29 is 0 Å². The molecule has 0 N–H and O–H groups in total. The molecule has 2 aromatic heterocycles. The van der Waals surface area contributed by atoms with Crippen molar-refractivity contribution in [2.24, 2.45) is 0 Å². The lowest BCUT2D eigenvalue weighted by molar-refractivity contribution is 1.13. The van der Waals surface area contributed by atoms with Gasteiger partial charge in [0.2, 0.25) is 0 Å². The third-order valence-corrected chi connectivity index (χ3v) is 7.08. The van der Waals surface area contributed by atoms with Crippen LogP contribution in [0, 0.1) is 0 Å². The van der Waals surface area contributed by atoms with Crippen LogP contribution in [-0.4, -0.2) is 5.75 Å². The van der Waals surface area contributed by atoms with Crippen molar-refractivity contribution in [2.45, 2.75) is 17.6 Å². The van der Waals surface area contributed by atoms with Crippen LogP contribution in [0.4, 0.5) is 0 Å². The first kappa shape index (κ1) is 12.4. The standard InChI is InChI=1S/C12H10Cl2S3/c13-11-2-1-9(17-11)12(14)10-5-7-6-15-4-3-8(7)16-10/h1-2,5,12H,3-4,6H2. The highest BCUT2D eigenvalue weighted by atomic mass is 35.5. The summed E-state index contributed by atoms with van der Waals surface area (Å²) in [6.07, 6.45) is 1.19. The quantitative estimate of drug-likeness (QED) is 0.651. The van der Waals surface area contributed by atoms with E-state index in [2.05, 4.69) is 6.07 Å². The minimum Gasteiger partial charge on any atom is -0.157 e. The monoisotopic (exact) mass is 320 g/mol. The highest BCUT2D eigenvalue weighted by molar-refractivity contribution is 7.98. The van der Waals surface area contributed by atoms with Gasteiger partial charge in [-0.1, -0.05) is 11.6 Å². The van der Waals surface area contributed by atoms with Crippen LogP contribution in [0.2, 0.25) is 4.34 Å². The summed E-state index contributed by atoms with van der Waals surface area (Å²) < 4.78 is 0.808. The fraction of sp³-hybridized carbons (Fsp3) is 0.333. The van der Waals surface area contributed by atoms with Crippen LogP contribution < -0.4 is 0 Å². The molecule has 2 aromatic rings. The van der Waals surface area contributed by atoms with Crippen molar-refractivity contribution >= 4 is 57.6 Å². The molecule has 0 spiro atoms. The van der Waals surface area contributed by atoms with E-state index in [4.69, 9.17) is 23.2 Å². The molecular weight excluding hydrogens is 311 g/mol. The first-order chi connectivity index (χ1) is 8.24. The molecule has 1 aliphatic heterocycles. The first-order valence-electron chi connectivity index (χ1n) is 5.32. The van der Waals surface area contributed by atoms with Gasteiger partial charge in [0, 0.05) is 20.4 Å². The van der Waals surface area contributed by atoms with E-state index in [-0.39, 0.29) is 5.38 Å². The van der Waals surface area contributed by atoms with Gasteiger partial charge < -0.3 is 0 Å². The Morgan fingerprint density at radius 2 is 2.06 bits per heavy atom. The van der Waals surface area contributed by atoms with Gasteiger partial charge in [-0.2, -0.15) is 11.8 Å². The SMILES string of the molecule is Clc1ccc(C(Cl)c2cc3c(s2)CCSC3)s1. The number of rotatable bonds is 2. The summed E-state index contributed by atoms with van der Waals surface area (Å²) >= 11 is 17.9. The van der Waals surface area contributed by atoms with Crippen molar-refractivity contribution in [3.63, 3.8) is 0 Å². The molecule has 0 aliphatic carbocycles. The molecule has 0 saturated carbocycles. The molecule has 90 valence electrons. The molecule has 0 bridgehead atoms. The Bertz CT molecular complexity index is 506. The van der Waals surface area contributed by atoms with Crippen LogP contribution in [0.25, 0.3) is 0 Å². The second kappa shape index (κ2) is 5.14. The lowest BCUT2D eigenvalue weighted by Crippen LogP contribution is -1.96. The summed E-state index contributed by atoms with van der Waals surface area (Å²) in [4.78, 5) is 3.92. The van der Waals surface area contributed by atoms with Gasteiger partial charge in [0.1, 0.15) is 5.38 Å². The van der Waals surface area contributed by atoms with Crippen molar-refractivity contribution in [3.05, 3.63) is 42.7 Å². The second-order valence-electron chi connectivity index (χ2n) is 3.90. The van der Waals surface area contributed by atoms with E-state index in [0.717, 1.165) is 15.0 Å². The van der Waals surface area contributed by atoms with Crippen LogP contribution >= 0.6 is 57.6 Å². The molecule has 3 rings (SSSR count). The third kappa shape index (κ3) is 2.54. The maximum absolute atomic E-state index is 6.52. The van der Waals surface area contributed by atoms with Crippen LogP contribution in [0.1, 0.15) is 25.6 Å². The van der Waals surface area contributed by atoms with E-state index in [1.54, 1.807) is 11.3 Å². The van der Waals surface area contributed by atoms with Gasteiger partial charge in [0.15, 0.2) is 0 Å². The normalized spacial score (nSPS) is 16.8. The molecule has 1 aliphatic rings. The van der Waals surface area contributed by atoms with Crippen molar-refractivity contribution in [1.82, 2.24) is 0 Å². The zero-order valence-corrected chi connectivity index (χ0v) is 12.9. The summed E-state index contributed by atoms with van der Waals surface area (Å²) in [5.74, 6) is 2.38. The average molecular weight is 321 g/mol. The molecule has 0 aromatic carbocycles. The van der Waals surface area contributed by atoms with Gasteiger partial charge in [-0.05, 0) is 35.9 Å². The van der Waals surface area contributed by atoms with Crippen molar-refractivity contribution in [2.75, 3.05) is 5.75 Å². The number of aryl methyl sites for hydroxylation is 1. The van der Waals surface area contributed by atoms with Crippen LogP contribution in [0.3, 0.4) is 0 Å². The van der Waals surface area contributed by atoms with Gasteiger partial charge in [-0.15, -0.1) is 34.3 Å². The topological polar surface area (TPSA) is 0 Å². The lowest BCUT2D eigenvalue weighted by atomic mass is 10.2. The minimum atomic E-state index is -0.0342. The van der Waals surface area contributed by atoms with E-state index in [1.807, 2.05) is 35.2 Å². The molecule has 1 atom stereocenters. The van der Waals surface area contributed by atoms with Crippen molar-refractivity contribution in [1.29, 1.82) is 0 Å². The van der Waals surface area contributed by atoms with Crippen molar-refractivity contribution in [3.8, 4) is 0 Å². The molecule has 0 saturated heterocycles. The highest BCUT2D eigenvalue weighted by Crippen LogP contribution is 2.41. The third-order valence-electron chi connectivity index (χ3n) is 2.74. The number of fused-ring (bicyclic) bond motifs is 1. The average Bonchev–Trinajstić information content (AvgIpc) is 2.93. The zero-order valence-electron chi connectivity index (χ0n) is 8.91. The van der Waals surface area contributed by atoms with Gasteiger partial charge in [0.05, 0.1) is 4.34 Å². The highest BCUT2D eigenvalue weighted by Gasteiger charge is 2.20. The second-order valence-corrected chi connectivity index (χ2v) is 8.36. The Morgan fingerprint density at radius 1 is 1.18 bits per heavy atom. The smallest absolute Gasteiger partial charge is 0.102 e. The lowest BCUT2D eigenvalue weighted by Gasteiger charge is -2.08. The molecule has 0 fully saturated rings. The number of thioether (sulfide) groups is 1. The summed E-state index contributed by atoms with van der Waals surface area (Å²) in [5.41, 5.74) is 1.48. The summed E-state index contributed by atoms with van der Waals surface area (Å²) in [6.45, 7) is 0. The van der Waals surface area contributed by atoms with E-state index in [9.17, 15) is 0 Å². The Hall–Kier alpha value is 0.330. The fourth-order valence-electron chi connectivity index (χ4n) is 1.90. The first-order valence-corrected chi connectivity index (χ1v) is 8.93. The fourth-order valence-corrected chi connectivity index (χ4v) is 5.81. The van der Waals surface area contributed by atoms with Crippen LogP contribution in [0.5, 0.6) is 0 Å². The van der Waals surface area contributed by atoms with E-state index >= 15 is 0 Å². The Balaban J connectivity index is 1.91. The van der Waals surface area contributed by atoms with Gasteiger partial charge in [-0.3, -0.25) is 0 Å². The predicted molar refractivity (Wildman–Crippen MR) is 81.2 cm³/mol. The summed E-state index contributed by atoms with van der Waals surface area (Å²) in [5, 5.41) is -0.0342. The number of thiophene rings is 2. The van der Waals surface area contributed by atoms with Gasteiger partial charge in [0.25, 0.3) is 0 Å². The Labute approximate surface area is 123 Å². The maximum atomic E-state index is 6.52. The number of hydrogen-bond acceptors (Lipinski definition) is 3. The Morgan fingerprint density at radius 3 is 2.76 bits per heavy atom. The maximum Gasteiger partial charge on any atom is 0.102 e. The number of alkyl halides is 1. The van der Waals surface area contributed by atoms with Gasteiger partial charge >= 0.3 is 0 Å². The molecule has 1 unspecified atom stereocenters.